The van der Waals surface area contributed by atoms with Crippen molar-refractivity contribution >= 4 is 12.4 Å². The van der Waals surface area contributed by atoms with Gasteiger partial charge < -0.3 is 92.2 Å². The van der Waals surface area contributed by atoms with Crippen molar-refractivity contribution in [3.63, 3.8) is 0 Å². The van der Waals surface area contributed by atoms with Gasteiger partial charge in [-0.25, -0.2) is 4.79 Å². The van der Waals surface area contributed by atoms with E-state index < -0.39 is 173 Å². The van der Waals surface area contributed by atoms with E-state index in [0.717, 1.165) is 12.8 Å². The summed E-state index contributed by atoms with van der Waals surface area (Å²) in [6.45, 7) is 6.79. The molecule has 6 heterocycles. The summed E-state index contributed by atoms with van der Waals surface area (Å²) >= 11 is 0. The normalized spacial score (nSPS) is 46.1. The van der Waals surface area contributed by atoms with E-state index in [1.54, 1.807) is 27.7 Å². The number of carbonyl (C=O) groups is 2. The second-order valence-corrected chi connectivity index (χ2v) is 18.4. The van der Waals surface area contributed by atoms with Crippen LogP contribution in [-0.4, -0.2) is 206 Å². The molecule has 71 heavy (non-hydrogen) atoms. The monoisotopic (exact) mass is 1020 g/mol. The van der Waals surface area contributed by atoms with E-state index >= 15 is 0 Å². The smallest absolute Gasteiger partial charge is 0.335 e. The van der Waals surface area contributed by atoms with Gasteiger partial charge in [0, 0.05) is 40.3 Å². The van der Waals surface area contributed by atoms with Crippen molar-refractivity contribution in [3.05, 3.63) is 31.3 Å². The summed E-state index contributed by atoms with van der Waals surface area (Å²) in [6.07, 6.45) is -23.6. The highest BCUT2D eigenvalue weighted by molar-refractivity contribution is 5.73. The topological polar surface area (TPSA) is 422 Å². The van der Waals surface area contributed by atoms with Gasteiger partial charge in [-0.3, -0.25) is 4.79 Å². The molecule has 6 aliphatic heterocycles. The molecule has 6 rings (SSSR count). The molecular formula is C41H65N9O21. The molecule has 6 saturated heterocycles. The van der Waals surface area contributed by atoms with Crippen molar-refractivity contribution in [2.75, 3.05) is 33.5 Å². The maximum Gasteiger partial charge on any atom is 0.335 e. The molecule has 26 atom stereocenters. The quantitative estimate of drug-likeness (QED) is 0.0426. The zero-order chi connectivity index (χ0) is 51.7. The van der Waals surface area contributed by atoms with E-state index in [4.69, 9.17) is 61.6 Å². The van der Waals surface area contributed by atoms with Crippen molar-refractivity contribution in [2.45, 2.75) is 183 Å². The summed E-state index contributed by atoms with van der Waals surface area (Å²) in [7, 11) is 1.32. The highest BCUT2D eigenvalue weighted by atomic mass is 16.8. The minimum atomic E-state index is -1.92. The van der Waals surface area contributed by atoms with Crippen LogP contribution in [0.4, 0.5) is 0 Å². The Morgan fingerprint density at radius 3 is 1.73 bits per heavy atom. The maximum absolute atomic E-state index is 13.1. The lowest BCUT2D eigenvalue weighted by molar-refractivity contribution is -0.389. The second-order valence-electron chi connectivity index (χ2n) is 18.4. The van der Waals surface area contributed by atoms with Gasteiger partial charge in [0.25, 0.3) is 6.47 Å². The summed E-state index contributed by atoms with van der Waals surface area (Å²) in [5, 5.41) is 76.6. The number of aliphatic hydroxyl groups excluding tert-OH is 5. The lowest BCUT2D eigenvalue weighted by Gasteiger charge is -2.51. The first-order valence-electron chi connectivity index (χ1n) is 23.4. The first kappa shape index (κ1) is 56.5. The molecule has 30 heteroatoms. The number of rotatable bonds is 20. The highest BCUT2D eigenvalue weighted by Gasteiger charge is 2.57. The van der Waals surface area contributed by atoms with E-state index in [0.29, 0.717) is 13.0 Å². The van der Waals surface area contributed by atoms with Crippen LogP contribution < -0.4 is 0 Å². The van der Waals surface area contributed by atoms with Crippen molar-refractivity contribution < 1.29 is 102 Å². The third kappa shape index (κ3) is 12.4. The van der Waals surface area contributed by atoms with Crippen LogP contribution in [0.3, 0.4) is 0 Å². The molecular weight excluding hydrogens is 954 g/mol. The van der Waals surface area contributed by atoms with Gasteiger partial charge in [0.05, 0.1) is 50.2 Å². The summed E-state index contributed by atoms with van der Waals surface area (Å²) in [5.41, 5.74) is 28.4. The van der Waals surface area contributed by atoms with Crippen LogP contribution in [0.25, 0.3) is 31.3 Å². The molecule has 9 unspecified atom stereocenters. The van der Waals surface area contributed by atoms with Crippen LogP contribution in [0, 0.1) is 29.6 Å². The molecule has 6 fully saturated rings. The largest absolute Gasteiger partial charge is 0.479 e. The Balaban J connectivity index is 1.23. The standard InChI is InChI=1S/C41H65N9O21/c1-15-16(2)24(45-48-42)37(62-20(15)11-51)67-30-19(5)32(65-23-9-7-8-10-60-23)41(70-34(30)35(57)58)69-33-22(13-53)64-38(26(28(33)56)47-50-44)68-31-18(4)27(55)39(71-40(31)61-14-54)66-29-17(3)25(46-49-43)36(59-6)63-21(29)12-52/h14-34,36-41,51-53,55-56H,7-13H2,1-6H3,(H,57,58)/t15-,16?,17?,18?,19?,20-,21?,22?,23?,24-,25-,26-,27-,28?,29-,30-,31-,32-,33+,34+,36-,37+,38+,39-,40?,41+/m0/s1. The number of methoxy groups -OCH3 is 1. The Morgan fingerprint density at radius 2 is 1.14 bits per heavy atom. The fraction of sp³-hybridized carbons (Fsp3) is 0.951. The third-order valence-corrected chi connectivity index (χ3v) is 14.3. The molecule has 400 valence electrons. The zero-order valence-electron chi connectivity index (χ0n) is 39.9. The minimum Gasteiger partial charge on any atom is -0.479 e. The van der Waals surface area contributed by atoms with Crippen molar-refractivity contribution in [3.8, 4) is 0 Å². The fourth-order valence-corrected chi connectivity index (χ4v) is 9.97. The number of aliphatic hydroxyl groups is 5. The van der Waals surface area contributed by atoms with Crippen LogP contribution >= 0.6 is 0 Å². The Labute approximate surface area is 406 Å². The molecule has 0 radical (unpaired) electrons. The van der Waals surface area contributed by atoms with Crippen molar-refractivity contribution in [1.82, 2.24) is 0 Å². The lowest BCUT2D eigenvalue weighted by atomic mass is 9.82. The van der Waals surface area contributed by atoms with Gasteiger partial charge in [0.15, 0.2) is 43.8 Å². The van der Waals surface area contributed by atoms with Crippen LogP contribution in [0.15, 0.2) is 15.3 Å². The Bertz CT molecular complexity index is 1900. The van der Waals surface area contributed by atoms with Gasteiger partial charge in [-0.15, -0.1) is 0 Å². The van der Waals surface area contributed by atoms with E-state index in [9.17, 15) is 56.8 Å². The first-order valence-corrected chi connectivity index (χ1v) is 23.4. The molecule has 6 N–H and O–H groups in total. The molecule has 0 aromatic carbocycles. The molecule has 0 aromatic heterocycles. The Morgan fingerprint density at radius 1 is 0.592 bits per heavy atom. The SMILES string of the molecule is CO[C@H]1OC(CO)[C@@H](O[C@H]2OC(OC=O)[C@@H](O[C@H]3OC(CO)[C@@H](O[C@@H]4O[C@@H](C(=O)O)[C@@H](O[C@H]5O[C@@H](CO)[C@@H](C)C(C)[C@@H]5N=[N+]=[N-])C(C)[C@@H]4OC4CCCCO4)C(O)[C@@H]3N=[N+]=[N-])C(C)[C@@H]2O)C(C)[C@@H]1N=[N+]=[N-]. The number of hydrogen-bond donors (Lipinski definition) is 6. The summed E-state index contributed by atoms with van der Waals surface area (Å²) in [5.74, 6) is -4.91. The maximum atomic E-state index is 13.1. The number of ether oxygens (including phenoxy) is 13. The minimum absolute atomic E-state index is 0.0315. The van der Waals surface area contributed by atoms with Crippen LogP contribution in [0.1, 0.15) is 53.9 Å². The van der Waals surface area contributed by atoms with E-state index in [1.807, 2.05) is 0 Å². The van der Waals surface area contributed by atoms with Crippen LogP contribution in [0.5, 0.6) is 0 Å². The fourth-order valence-electron chi connectivity index (χ4n) is 9.97. The third-order valence-electron chi connectivity index (χ3n) is 14.3. The second kappa shape index (κ2) is 25.9. The molecule has 0 bridgehead atoms. The number of carboxylic acid groups (broad SMARTS) is 1. The molecule has 0 saturated carbocycles. The highest BCUT2D eigenvalue weighted by Crippen LogP contribution is 2.42. The lowest BCUT2D eigenvalue weighted by Crippen LogP contribution is -2.66. The van der Waals surface area contributed by atoms with Crippen molar-refractivity contribution in [1.29, 1.82) is 0 Å². The number of carbonyl (C=O) groups excluding carboxylic acids is 1. The van der Waals surface area contributed by atoms with Crippen molar-refractivity contribution in [2.24, 2.45) is 44.9 Å². The predicted molar refractivity (Wildman–Crippen MR) is 231 cm³/mol. The number of hydrogen-bond acceptors (Lipinski definition) is 23. The van der Waals surface area contributed by atoms with Crippen LogP contribution in [0.2, 0.25) is 0 Å². The first-order chi connectivity index (χ1) is 34.1. The van der Waals surface area contributed by atoms with E-state index in [1.165, 1.54) is 14.0 Å². The molecule has 30 nitrogen and oxygen atoms in total. The van der Waals surface area contributed by atoms with Gasteiger partial charge in [-0.05, 0) is 53.6 Å². The van der Waals surface area contributed by atoms with E-state index in [2.05, 4.69) is 30.1 Å². The number of nitrogens with zero attached hydrogens (tertiary/aromatic N) is 9. The van der Waals surface area contributed by atoms with Gasteiger partial charge in [0.1, 0.15) is 48.8 Å². The van der Waals surface area contributed by atoms with Gasteiger partial charge in [0.2, 0.25) is 6.29 Å². The van der Waals surface area contributed by atoms with Gasteiger partial charge in [-0.2, -0.15) is 0 Å². The van der Waals surface area contributed by atoms with Gasteiger partial charge in [-0.1, -0.05) is 50.0 Å². The molecule has 0 spiro atoms. The Kier molecular flexibility index (Phi) is 20.6. The predicted octanol–water partition coefficient (Wildman–Crippen LogP) is 0.841. The molecule has 0 aromatic rings. The number of aliphatic carboxylic acids is 1. The van der Waals surface area contributed by atoms with Gasteiger partial charge >= 0.3 is 5.97 Å². The molecule has 6 aliphatic rings. The average molecular weight is 1020 g/mol. The molecule has 0 amide bonds. The summed E-state index contributed by atoms with van der Waals surface area (Å²) in [4.78, 5) is 33.6. The number of azide groups is 3. The number of carboxylic acids is 1. The average Bonchev–Trinajstić information content (AvgIpc) is 3.36. The summed E-state index contributed by atoms with van der Waals surface area (Å²) < 4.78 is 77.8. The molecule has 0 aliphatic carbocycles. The summed E-state index contributed by atoms with van der Waals surface area (Å²) in [6, 6.07) is -3.61. The van der Waals surface area contributed by atoms with E-state index in [-0.39, 0.29) is 18.3 Å². The Hall–Kier alpha value is -3.81. The zero-order valence-corrected chi connectivity index (χ0v) is 39.9. The van der Waals surface area contributed by atoms with Crippen LogP contribution in [-0.2, 0) is 71.2 Å².